The molecule has 23 heavy (non-hydrogen) atoms. The first-order chi connectivity index (χ1) is 10.7. The number of thiophene rings is 1. The van der Waals surface area contributed by atoms with E-state index < -0.39 is 6.10 Å². The van der Waals surface area contributed by atoms with Crippen LogP contribution in [0.5, 0.6) is 0 Å². The number of rotatable bonds is 9. The van der Waals surface area contributed by atoms with E-state index in [0.29, 0.717) is 13.0 Å². The highest BCUT2D eigenvalue weighted by Crippen LogP contribution is 2.29. The van der Waals surface area contributed by atoms with Gasteiger partial charge in [-0.3, -0.25) is 4.79 Å². The summed E-state index contributed by atoms with van der Waals surface area (Å²) in [5.74, 6) is 0.00732. The third-order valence-electron chi connectivity index (χ3n) is 3.62. The molecule has 2 rings (SSSR count). The van der Waals surface area contributed by atoms with E-state index in [9.17, 15) is 9.90 Å². The summed E-state index contributed by atoms with van der Waals surface area (Å²) in [6, 6.07) is 10.0. The normalized spacial score (nSPS) is 11.9. The Morgan fingerprint density at radius 3 is 2.70 bits per heavy atom. The predicted molar refractivity (Wildman–Crippen MR) is 99.2 cm³/mol. The van der Waals surface area contributed by atoms with Gasteiger partial charge in [0.2, 0.25) is 5.91 Å². The van der Waals surface area contributed by atoms with Gasteiger partial charge in [0.15, 0.2) is 0 Å². The van der Waals surface area contributed by atoms with Crippen LogP contribution in [0.1, 0.15) is 43.1 Å². The van der Waals surface area contributed by atoms with Crippen LogP contribution in [0, 0.1) is 0 Å². The second-order valence-corrected chi connectivity index (χ2v) is 6.57. The number of nitrogens with one attached hydrogen (secondary N) is 1. The van der Waals surface area contributed by atoms with Crippen LogP contribution >= 0.6 is 23.7 Å². The molecule has 0 saturated carbocycles. The zero-order valence-electron chi connectivity index (χ0n) is 13.2. The van der Waals surface area contributed by atoms with E-state index in [1.54, 1.807) is 11.3 Å². The molecule has 0 saturated heterocycles. The largest absolute Gasteiger partial charge is 0.386 e. The maximum Gasteiger partial charge on any atom is 0.220 e. The number of aliphatic hydroxyl groups is 1. The van der Waals surface area contributed by atoms with Crippen LogP contribution in [0.2, 0.25) is 0 Å². The van der Waals surface area contributed by atoms with Gasteiger partial charge in [0, 0.05) is 22.5 Å². The van der Waals surface area contributed by atoms with Gasteiger partial charge in [-0.05, 0) is 36.9 Å². The lowest BCUT2D eigenvalue weighted by molar-refractivity contribution is -0.121. The van der Waals surface area contributed by atoms with Gasteiger partial charge in [-0.2, -0.15) is 0 Å². The molecule has 1 heterocycles. The summed E-state index contributed by atoms with van der Waals surface area (Å²) >= 11 is 1.57. The second-order valence-electron chi connectivity index (χ2n) is 5.46. The van der Waals surface area contributed by atoms with Gasteiger partial charge in [0.1, 0.15) is 6.10 Å². The van der Waals surface area contributed by atoms with Gasteiger partial charge >= 0.3 is 0 Å². The molecule has 0 aliphatic heterocycles. The molecule has 6 heteroatoms. The van der Waals surface area contributed by atoms with Crippen molar-refractivity contribution in [3.8, 4) is 0 Å². The zero-order valence-corrected chi connectivity index (χ0v) is 14.8. The Kier molecular flexibility index (Phi) is 9.17. The van der Waals surface area contributed by atoms with E-state index in [0.717, 1.165) is 40.6 Å². The standard InChI is InChI=1S/C17H24N2O2S.ClH/c18-10-6-2-1-3-9-17(21)19-12-14(20)16-11-13-7-4-5-8-15(13)22-16;/h4-5,7-8,11,14,20H,1-3,6,9-10,12,18H2,(H,19,21);1H. The monoisotopic (exact) mass is 356 g/mol. The molecule has 4 nitrogen and oxygen atoms in total. The van der Waals surface area contributed by atoms with Crippen molar-refractivity contribution in [2.45, 2.75) is 38.2 Å². The Balaban J connectivity index is 0.00000264. The molecule has 0 spiro atoms. The molecule has 4 N–H and O–H groups in total. The molecule has 0 aliphatic carbocycles. The van der Waals surface area contributed by atoms with Gasteiger partial charge < -0.3 is 16.2 Å². The number of hydrogen-bond donors (Lipinski definition) is 3. The van der Waals surface area contributed by atoms with E-state index >= 15 is 0 Å². The number of unbranched alkanes of at least 4 members (excludes halogenated alkanes) is 3. The van der Waals surface area contributed by atoms with Crippen molar-refractivity contribution >= 4 is 39.7 Å². The Labute approximate surface area is 147 Å². The molecule has 1 amide bonds. The van der Waals surface area contributed by atoms with E-state index in [-0.39, 0.29) is 24.9 Å². The highest BCUT2D eigenvalue weighted by atomic mass is 35.5. The average molecular weight is 357 g/mol. The minimum absolute atomic E-state index is 0. The Bertz CT molecular complexity index is 570. The highest BCUT2D eigenvalue weighted by molar-refractivity contribution is 7.19. The molecule has 1 unspecified atom stereocenters. The first-order valence-corrected chi connectivity index (χ1v) is 8.65. The van der Waals surface area contributed by atoms with Gasteiger partial charge in [0.05, 0.1) is 0 Å². The van der Waals surface area contributed by atoms with Crippen molar-refractivity contribution in [2.24, 2.45) is 5.73 Å². The quantitative estimate of drug-likeness (QED) is 0.603. The van der Waals surface area contributed by atoms with Gasteiger partial charge in [-0.1, -0.05) is 31.0 Å². The molecule has 1 atom stereocenters. The fourth-order valence-corrected chi connectivity index (χ4v) is 3.40. The van der Waals surface area contributed by atoms with Crippen LogP contribution in [0.15, 0.2) is 30.3 Å². The molecule has 0 fully saturated rings. The molecule has 1 aromatic carbocycles. The lowest BCUT2D eigenvalue weighted by Gasteiger charge is -2.10. The number of benzene rings is 1. The molecule has 2 aromatic rings. The molecule has 1 aromatic heterocycles. The van der Waals surface area contributed by atoms with Crippen LogP contribution in [-0.4, -0.2) is 24.1 Å². The molecule has 0 aliphatic rings. The topological polar surface area (TPSA) is 75.4 Å². The van der Waals surface area contributed by atoms with Crippen LogP contribution in [-0.2, 0) is 4.79 Å². The third kappa shape index (κ3) is 6.47. The molecular weight excluding hydrogens is 332 g/mol. The summed E-state index contributed by atoms with van der Waals surface area (Å²) in [6.45, 7) is 0.988. The van der Waals surface area contributed by atoms with Crippen molar-refractivity contribution in [3.05, 3.63) is 35.2 Å². The lowest BCUT2D eigenvalue weighted by atomic mass is 10.1. The van der Waals surface area contributed by atoms with Crippen LogP contribution in [0.4, 0.5) is 0 Å². The Morgan fingerprint density at radius 2 is 1.96 bits per heavy atom. The number of carbonyl (C=O) groups is 1. The fourth-order valence-electron chi connectivity index (χ4n) is 2.35. The first-order valence-electron chi connectivity index (χ1n) is 7.84. The predicted octanol–water partition coefficient (Wildman–Crippen LogP) is 3.38. The average Bonchev–Trinajstić information content (AvgIpc) is 2.96. The van der Waals surface area contributed by atoms with Crippen molar-refractivity contribution < 1.29 is 9.90 Å². The summed E-state index contributed by atoms with van der Waals surface area (Å²) in [7, 11) is 0. The van der Waals surface area contributed by atoms with E-state index in [2.05, 4.69) is 5.32 Å². The highest BCUT2D eigenvalue weighted by Gasteiger charge is 2.12. The smallest absolute Gasteiger partial charge is 0.220 e. The number of nitrogens with two attached hydrogens (primary N) is 1. The maximum absolute atomic E-state index is 11.7. The van der Waals surface area contributed by atoms with Crippen molar-refractivity contribution in [3.63, 3.8) is 0 Å². The Morgan fingerprint density at radius 1 is 1.22 bits per heavy atom. The fraction of sp³-hybridized carbons (Fsp3) is 0.471. The third-order valence-corrected chi connectivity index (χ3v) is 4.84. The SMILES string of the molecule is Cl.NCCCCCCC(=O)NCC(O)c1cc2ccccc2s1. The summed E-state index contributed by atoms with van der Waals surface area (Å²) < 4.78 is 1.16. The van der Waals surface area contributed by atoms with Gasteiger partial charge in [-0.15, -0.1) is 23.7 Å². The number of fused-ring (bicyclic) bond motifs is 1. The summed E-state index contributed by atoms with van der Waals surface area (Å²) in [5.41, 5.74) is 5.43. The number of carbonyl (C=O) groups excluding carboxylic acids is 1. The molecular formula is C17H25ClN2O2S. The number of halogens is 1. The first kappa shape index (κ1) is 19.9. The summed E-state index contributed by atoms with van der Waals surface area (Å²) in [6.07, 6.45) is 3.89. The maximum atomic E-state index is 11.7. The van der Waals surface area contributed by atoms with Gasteiger partial charge in [-0.25, -0.2) is 0 Å². The van der Waals surface area contributed by atoms with Gasteiger partial charge in [0.25, 0.3) is 0 Å². The van der Waals surface area contributed by atoms with E-state index in [1.807, 2.05) is 30.3 Å². The molecule has 128 valence electrons. The van der Waals surface area contributed by atoms with Crippen molar-refractivity contribution in [1.29, 1.82) is 0 Å². The molecule has 0 bridgehead atoms. The Hall–Kier alpha value is -1.14. The summed E-state index contributed by atoms with van der Waals surface area (Å²) in [4.78, 5) is 12.6. The van der Waals surface area contributed by atoms with Crippen LogP contribution in [0.3, 0.4) is 0 Å². The van der Waals surface area contributed by atoms with Crippen molar-refractivity contribution in [1.82, 2.24) is 5.32 Å². The lowest BCUT2D eigenvalue weighted by Crippen LogP contribution is -2.27. The second kappa shape index (κ2) is 10.6. The number of hydrogen-bond acceptors (Lipinski definition) is 4. The number of aliphatic hydroxyl groups excluding tert-OH is 1. The van der Waals surface area contributed by atoms with Crippen LogP contribution in [0.25, 0.3) is 10.1 Å². The van der Waals surface area contributed by atoms with Crippen molar-refractivity contribution in [2.75, 3.05) is 13.1 Å². The van der Waals surface area contributed by atoms with Crippen LogP contribution < -0.4 is 11.1 Å². The minimum Gasteiger partial charge on any atom is -0.386 e. The van der Waals surface area contributed by atoms with E-state index in [4.69, 9.17) is 5.73 Å². The summed E-state index contributed by atoms with van der Waals surface area (Å²) in [5, 5.41) is 14.1. The van der Waals surface area contributed by atoms with E-state index in [1.165, 1.54) is 0 Å². The zero-order chi connectivity index (χ0) is 15.8. The minimum atomic E-state index is -0.640. The molecule has 0 radical (unpaired) electrons. The number of amides is 1.